The van der Waals surface area contributed by atoms with E-state index in [0.717, 1.165) is 23.6 Å². The van der Waals surface area contributed by atoms with Crippen molar-refractivity contribution in [3.8, 4) is 5.75 Å². The fourth-order valence-corrected chi connectivity index (χ4v) is 1.71. The zero-order valence-electron chi connectivity index (χ0n) is 9.72. The van der Waals surface area contributed by atoms with Crippen LogP contribution in [0.1, 0.15) is 39.2 Å². The Morgan fingerprint density at radius 2 is 2.00 bits per heavy atom. The van der Waals surface area contributed by atoms with Crippen LogP contribution in [0.15, 0.2) is 18.2 Å². The number of rotatable bonds is 1. The van der Waals surface area contributed by atoms with Gasteiger partial charge < -0.3 is 4.74 Å². The maximum Gasteiger partial charge on any atom is 0.123 e. The fraction of sp³-hybridized carbons (Fsp3) is 0.538. The van der Waals surface area contributed by atoms with E-state index in [-0.39, 0.29) is 0 Å². The van der Waals surface area contributed by atoms with E-state index >= 15 is 0 Å². The zero-order valence-corrected chi connectivity index (χ0v) is 10.5. The number of hydrogen-bond acceptors (Lipinski definition) is 1. The van der Waals surface area contributed by atoms with Gasteiger partial charge in [0.2, 0.25) is 0 Å². The van der Waals surface area contributed by atoms with Crippen molar-refractivity contribution in [2.45, 2.75) is 46.1 Å². The van der Waals surface area contributed by atoms with Crippen molar-refractivity contribution in [3.63, 3.8) is 0 Å². The smallest absolute Gasteiger partial charge is 0.123 e. The quantitative estimate of drug-likeness (QED) is 0.687. The number of fused-ring (bicyclic) bond motifs is 1. The first-order chi connectivity index (χ1) is 7.21. The van der Waals surface area contributed by atoms with Crippen LogP contribution in [0.25, 0.3) is 0 Å². The Morgan fingerprint density at radius 3 is 2.60 bits per heavy atom. The minimum atomic E-state index is 0.360. The molecule has 0 saturated heterocycles. The van der Waals surface area contributed by atoms with E-state index in [2.05, 4.69) is 20.8 Å². The molecule has 84 valence electrons. The fourth-order valence-electron chi connectivity index (χ4n) is 1.52. The minimum absolute atomic E-state index is 0.360. The van der Waals surface area contributed by atoms with Gasteiger partial charge in [0.1, 0.15) is 11.9 Å². The average molecular weight is 227 g/mol. The van der Waals surface area contributed by atoms with E-state index in [1.165, 1.54) is 12.0 Å². The lowest BCUT2D eigenvalue weighted by atomic mass is 10.1. The molecule has 1 aliphatic rings. The van der Waals surface area contributed by atoms with Crippen LogP contribution in [-0.2, 0) is 6.42 Å². The van der Waals surface area contributed by atoms with Crippen molar-refractivity contribution in [3.05, 3.63) is 28.8 Å². The van der Waals surface area contributed by atoms with Crippen LogP contribution in [0.3, 0.4) is 0 Å². The summed E-state index contributed by atoms with van der Waals surface area (Å²) >= 11 is 5.86. The Labute approximate surface area is 97.4 Å². The Bertz CT molecular complexity index is 309. The third-order valence-corrected chi connectivity index (χ3v) is 2.45. The summed E-state index contributed by atoms with van der Waals surface area (Å²) in [6.45, 7) is 6.39. The molecule has 1 aliphatic heterocycles. The largest absolute Gasteiger partial charge is 0.490 e. The normalized spacial score (nSPS) is 17.5. The van der Waals surface area contributed by atoms with Crippen molar-refractivity contribution >= 4 is 11.6 Å². The van der Waals surface area contributed by atoms with Crippen LogP contribution < -0.4 is 4.74 Å². The molecular formula is C13H19ClO. The third kappa shape index (κ3) is 3.42. The molecule has 2 rings (SSSR count). The maximum atomic E-state index is 5.86. The average Bonchev–Trinajstić information content (AvgIpc) is 2.61. The zero-order chi connectivity index (χ0) is 11.3. The Balaban J connectivity index is 0.000000337. The SMILES string of the molecule is CCC.CCC1Cc2cc(Cl)ccc2O1. The molecule has 0 radical (unpaired) electrons. The number of hydrogen-bond donors (Lipinski definition) is 0. The molecule has 1 aromatic carbocycles. The molecule has 0 spiro atoms. The molecule has 1 unspecified atom stereocenters. The first-order valence-electron chi connectivity index (χ1n) is 5.66. The summed E-state index contributed by atoms with van der Waals surface area (Å²) in [7, 11) is 0. The van der Waals surface area contributed by atoms with Gasteiger partial charge in [0, 0.05) is 11.4 Å². The number of benzene rings is 1. The molecule has 1 aromatic rings. The Kier molecular flexibility index (Phi) is 4.97. The predicted octanol–water partition coefficient (Wildman–Crippen LogP) is 4.47. The summed E-state index contributed by atoms with van der Waals surface area (Å²) in [6.07, 6.45) is 3.68. The molecule has 0 N–H and O–H groups in total. The molecule has 15 heavy (non-hydrogen) atoms. The summed E-state index contributed by atoms with van der Waals surface area (Å²) in [4.78, 5) is 0. The Hall–Kier alpha value is -0.690. The molecule has 2 heteroatoms. The van der Waals surface area contributed by atoms with Crippen LogP contribution >= 0.6 is 11.6 Å². The van der Waals surface area contributed by atoms with Gasteiger partial charge >= 0.3 is 0 Å². The molecule has 0 aromatic heterocycles. The van der Waals surface area contributed by atoms with Gasteiger partial charge in [-0.2, -0.15) is 0 Å². The lowest BCUT2D eigenvalue weighted by Gasteiger charge is -2.05. The second-order valence-electron chi connectivity index (χ2n) is 3.81. The third-order valence-electron chi connectivity index (χ3n) is 2.22. The molecule has 0 aliphatic carbocycles. The highest BCUT2D eigenvalue weighted by atomic mass is 35.5. The van der Waals surface area contributed by atoms with Crippen LogP contribution in [0.4, 0.5) is 0 Å². The van der Waals surface area contributed by atoms with Crippen LogP contribution in [-0.4, -0.2) is 6.10 Å². The van der Waals surface area contributed by atoms with Crippen molar-refractivity contribution in [1.29, 1.82) is 0 Å². The van der Waals surface area contributed by atoms with E-state index in [4.69, 9.17) is 16.3 Å². The molecule has 1 nitrogen and oxygen atoms in total. The van der Waals surface area contributed by atoms with E-state index in [1.54, 1.807) is 0 Å². The van der Waals surface area contributed by atoms with Gasteiger partial charge in [-0.1, -0.05) is 38.8 Å². The summed E-state index contributed by atoms with van der Waals surface area (Å²) < 4.78 is 5.65. The summed E-state index contributed by atoms with van der Waals surface area (Å²) in [5.41, 5.74) is 1.24. The first-order valence-corrected chi connectivity index (χ1v) is 6.04. The van der Waals surface area contributed by atoms with Crippen molar-refractivity contribution in [2.24, 2.45) is 0 Å². The lowest BCUT2D eigenvalue weighted by molar-refractivity contribution is 0.228. The topological polar surface area (TPSA) is 9.23 Å². The molecule has 1 atom stereocenters. The highest BCUT2D eigenvalue weighted by Crippen LogP contribution is 2.31. The van der Waals surface area contributed by atoms with Gasteiger partial charge in [-0.05, 0) is 30.2 Å². The highest BCUT2D eigenvalue weighted by molar-refractivity contribution is 6.30. The molecular weight excluding hydrogens is 208 g/mol. The van der Waals surface area contributed by atoms with Gasteiger partial charge in [0.15, 0.2) is 0 Å². The van der Waals surface area contributed by atoms with E-state index in [9.17, 15) is 0 Å². The minimum Gasteiger partial charge on any atom is -0.490 e. The summed E-state index contributed by atoms with van der Waals surface area (Å²) in [5, 5.41) is 0.800. The summed E-state index contributed by atoms with van der Waals surface area (Å²) in [5.74, 6) is 1.01. The van der Waals surface area contributed by atoms with Gasteiger partial charge in [-0.3, -0.25) is 0 Å². The standard InChI is InChI=1S/C10H11ClO.C3H8/c1-2-9-6-7-5-8(11)3-4-10(7)12-9;1-3-2/h3-5,9H,2,6H2,1H3;3H2,1-2H3. The second kappa shape index (κ2) is 6.02. The summed E-state index contributed by atoms with van der Waals surface area (Å²) in [6, 6.07) is 5.82. The van der Waals surface area contributed by atoms with Crippen LogP contribution in [0.5, 0.6) is 5.75 Å². The molecule has 1 heterocycles. The number of halogens is 1. The van der Waals surface area contributed by atoms with E-state index in [1.807, 2.05) is 18.2 Å². The monoisotopic (exact) mass is 226 g/mol. The van der Waals surface area contributed by atoms with E-state index < -0.39 is 0 Å². The second-order valence-corrected chi connectivity index (χ2v) is 4.25. The van der Waals surface area contributed by atoms with Crippen LogP contribution in [0, 0.1) is 0 Å². The molecule has 0 saturated carbocycles. The highest BCUT2D eigenvalue weighted by Gasteiger charge is 2.20. The lowest BCUT2D eigenvalue weighted by Crippen LogP contribution is -2.10. The van der Waals surface area contributed by atoms with Gasteiger partial charge in [-0.15, -0.1) is 0 Å². The number of ether oxygens (including phenoxy) is 1. The van der Waals surface area contributed by atoms with Gasteiger partial charge in [0.25, 0.3) is 0 Å². The predicted molar refractivity (Wildman–Crippen MR) is 65.8 cm³/mol. The van der Waals surface area contributed by atoms with Crippen LogP contribution in [0.2, 0.25) is 5.02 Å². The van der Waals surface area contributed by atoms with Gasteiger partial charge in [0.05, 0.1) is 0 Å². The van der Waals surface area contributed by atoms with Crippen molar-refractivity contribution in [1.82, 2.24) is 0 Å². The van der Waals surface area contributed by atoms with E-state index in [0.29, 0.717) is 6.10 Å². The molecule has 0 amide bonds. The Morgan fingerprint density at radius 1 is 1.33 bits per heavy atom. The molecule has 0 bridgehead atoms. The maximum absolute atomic E-state index is 5.86. The first kappa shape index (κ1) is 12.4. The molecule has 0 fully saturated rings. The van der Waals surface area contributed by atoms with Crippen molar-refractivity contribution < 1.29 is 4.74 Å². The van der Waals surface area contributed by atoms with Gasteiger partial charge in [-0.25, -0.2) is 0 Å². The van der Waals surface area contributed by atoms with Crippen molar-refractivity contribution in [2.75, 3.05) is 0 Å².